The van der Waals surface area contributed by atoms with E-state index in [9.17, 15) is 34.8 Å². The molecule has 0 aromatic heterocycles. The molecule has 8 N–H and O–H groups in total. The molecule has 1 aromatic rings. The maximum Gasteiger partial charge on any atom is 0.255 e. The summed E-state index contributed by atoms with van der Waals surface area (Å²) >= 11 is 0. The first-order valence-electron chi connectivity index (χ1n) is 12.5. The van der Waals surface area contributed by atoms with Gasteiger partial charge in [0.1, 0.15) is 22.8 Å². The van der Waals surface area contributed by atoms with Gasteiger partial charge in [0.2, 0.25) is 5.78 Å². The highest BCUT2D eigenvalue weighted by molar-refractivity contribution is 6.24. The number of phenolic OH excluding ortho intramolecular Hbond substituents is 1. The van der Waals surface area contributed by atoms with Crippen molar-refractivity contribution in [1.82, 2.24) is 9.80 Å². The van der Waals surface area contributed by atoms with Crippen LogP contribution in [0.3, 0.4) is 0 Å². The van der Waals surface area contributed by atoms with Crippen molar-refractivity contribution in [3.8, 4) is 5.75 Å². The predicted molar refractivity (Wildman–Crippen MR) is 136 cm³/mol. The van der Waals surface area contributed by atoms with E-state index in [1.165, 1.54) is 11.0 Å². The molecule has 1 amide bonds. The largest absolute Gasteiger partial charge is 0.508 e. The quantitative estimate of drug-likeness (QED) is 0.177. The van der Waals surface area contributed by atoms with Crippen molar-refractivity contribution in [3.05, 3.63) is 40.2 Å². The maximum atomic E-state index is 13.9. The number of nitrogens with two attached hydrogens (primary N) is 2. The van der Waals surface area contributed by atoms with E-state index >= 15 is 0 Å². The summed E-state index contributed by atoms with van der Waals surface area (Å²) in [4.78, 5) is 47.1. The van der Waals surface area contributed by atoms with E-state index in [2.05, 4.69) is 4.99 Å². The van der Waals surface area contributed by atoms with Crippen LogP contribution in [-0.4, -0.2) is 92.5 Å². The molecule has 2 fully saturated rings. The third kappa shape index (κ3) is 3.51. The average Bonchev–Trinajstić information content (AvgIpc) is 3.38. The molecule has 3 aliphatic carbocycles. The number of benzene rings is 1. The zero-order chi connectivity index (χ0) is 27.7. The molecule has 4 atom stereocenters. The van der Waals surface area contributed by atoms with Crippen molar-refractivity contribution in [2.75, 3.05) is 27.2 Å². The SMILES string of the molecule is CN(C)[C@H]1C(=O)C(C(N)=O)=C(O)[C@@]2(O)C(=O)C3=C(O)c4c(O)ccc(N=C(N)N5CCCC5)c4C[C@@H]3C[C@H]12. The number of guanidine groups is 1. The van der Waals surface area contributed by atoms with Gasteiger partial charge in [-0.25, -0.2) is 4.99 Å². The second kappa shape index (κ2) is 8.84. The number of likely N-dealkylation sites (N-methyl/N-ethyl adjacent to an activating group) is 1. The fraction of sp³-hybridized carbons (Fsp3) is 0.462. The monoisotopic (exact) mass is 525 g/mol. The van der Waals surface area contributed by atoms with E-state index < -0.39 is 58.0 Å². The highest BCUT2D eigenvalue weighted by Crippen LogP contribution is 2.53. The number of aromatic hydroxyl groups is 1. The van der Waals surface area contributed by atoms with Crippen LogP contribution in [0.25, 0.3) is 5.76 Å². The molecule has 1 aliphatic heterocycles. The van der Waals surface area contributed by atoms with Crippen LogP contribution in [0.4, 0.5) is 5.69 Å². The number of fused-ring (bicyclic) bond motifs is 3. The molecular formula is C26H31N5O7. The minimum absolute atomic E-state index is 0.00613. The van der Waals surface area contributed by atoms with Crippen molar-refractivity contribution < 1.29 is 34.8 Å². The summed E-state index contributed by atoms with van der Waals surface area (Å²) < 4.78 is 0. The molecule has 12 nitrogen and oxygen atoms in total. The molecule has 0 unspecified atom stereocenters. The van der Waals surface area contributed by atoms with E-state index in [4.69, 9.17) is 11.5 Å². The van der Waals surface area contributed by atoms with Crippen molar-refractivity contribution >= 4 is 34.9 Å². The summed E-state index contributed by atoms with van der Waals surface area (Å²) in [5, 5.41) is 44.5. The molecule has 5 rings (SSSR count). The highest BCUT2D eigenvalue weighted by atomic mass is 16.3. The standard InChI is InChI=1S/C26H31N5O7/c1-30(2)19-13-10-11-9-12-14(29-25(28)31-7-3-4-8-31)5-6-15(32)17(12)20(33)16(11)22(35)26(13,38)23(36)18(21(19)34)24(27)37/h5-6,11,13,19,32-33,36,38H,3-4,7-10H2,1-2H3,(H2,27,37)(H2,28,29)/t11-,13-,19-,26+/m1/s1. The Balaban J connectivity index is 1.68. The Hall–Kier alpha value is -3.90. The van der Waals surface area contributed by atoms with Gasteiger partial charge >= 0.3 is 0 Å². The first-order valence-corrected chi connectivity index (χ1v) is 12.5. The van der Waals surface area contributed by atoms with Gasteiger partial charge in [-0.2, -0.15) is 0 Å². The molecule has 1 aromatic carbocycles. The first kappa shape index (κ1) is 25.7. The average molecular weight is 526 g/mol. The number of aliphatic hydroxyl groups is 3. The third-order valence-electron chi connectivity index (χ3n) is 8.24. The topological polar surface area (TPSA) is 203 Å². The molecule has 1 saturated carbocycles. The van der Waals surface area contributed by atoms with Gasteiger partial charge in [-0.05, 0) is 63.4 Å². The second-order valence-electron chi connectivity index (χ2n) is 10.6. The number of rotatable bonds is 3. The third-order valence-corrected chi connectivity index (χ3v) is 8.24. The number of primary amides is 1. The molecule has 38 heavy (non-hydrogen) atoms. The summed E-state index contributed by atoms with van der Waals surface area (Å²) in [6.45, 7) is 1.54. The number of carbonyl (C=O) groups is 3. The molecule has 4 aliphatic rings. The smallest absolute Gasteiger partial charge is 0.255 e. The number of hydrogen-bond donors (Lipinski definition) is 6. The number of Topliss-reactive ketones (excluding diaryl/α,β-unsaturated/α-hetero) is 2. The molecule has 0 radical (unpaired) electrons. The van der Waals surface area contributed by atoms with Crippen LogP contribution in [0.1, 0.15) is 30.4 Å². The van der Waals surface area contributed by atoms with Crippen LogP contribution in [0.5, 0.6) is 5.75 Å². The Bertz CT molecular complexity index is 1360. The van der Waals surface area contributed by atoms with Gasteiger partial charge in [0, 0.05) is 24.6 Å². The summed E-state index contributed by atoms with van der Waals surface area (Å²) in [6.07, 6.45) is 2.15. The summed E-state index contributed by atoms with van der Waals surface area (Å²) in [5.74, 6) is -6.61. The molecule has 0 spiro atoms. The number of hydrogen-bond acceptors (Lipinski definition) is 9. The van der Waals surface area contributed by atoms with Gasteiger partial charge in [0.15, 0.2) is 17.3 Å². The van der Waals surface area contributed by atoms with Crippen molar-refractivity contribution in [2.45, 2.75) is 37.3 Å². The zero-order valence-corrected chi connectivity index (χ0v) is 21.1. The van der Waals surface area contributed by atoms with Crippen molar-refractivity contribution in [2.24, 2.45) is 28.3 Å². The molecule has 0 bridgehead atoms. The van der Waals surface area contributed by atoms with Gasteiger partial charge in [0.25, 0.3) is 5.91 Å². The number of likely N-dealkylation sites (tertiary alicyclic amines) is 1. The highest BCUT2D eigenvalue weighted by Gasteiger charge is 2.64. The lowest BCUT2D eigenvalue weighted by atomic mass is 9.57. The fourth-order valence-corrected chi connectivity index (χ4v) is 6.47. The van der Waals surface area contributed by atoms with Gasteiger partial charge in [-0.15, -0.1) is 0 Å². The lowest BCUT2D eigenvalue weighted by molar-refractivity contribution is -0.153. The van der Waals surface area contributed by atoms with Crippen molar-refractivity contribution in [3.63, 3.8) is 0 Å². The number of amides is 1. The summed E-state index contributed by atoms with van der Waals surface area (Å²) in [6, 6.07) is 1.78. The van der Waals surface area contributed by atoms with E-state index in [-0.39, 0.29) is 29.7 Å². The van der Waals surface area contributed by atoms with Crippen LogP contribution >= 0.6 is 0 Å². The lowest BCUT2D eigenvalue weighted by Gasteiger charge is -2.50. The van der Waals surface area contributed by atoms with E-state index in [0.29, 0.717) is 17.2 Å². The number of phenols is 1. The van der Waals surface area contributed by atoms with E-state index in [1.54, 1.807) is 20.2 Å². The summed E-state index contributed by atoms with van der Waals surface area (Å²) in [7, 11) is 3.11. The Morgan fingerprint density at radius 2 is 1.79 bits per heavy atom. The van der Waals surface area contributed by atoms with Crippen LogP contribution in [0, 0.1) is 11.8 Å². The van der Waals surface area contributed by atoms with Crippen LogP contribution in [0.15, 0.2) is 34.0 Å². The molecular weight excluding hydrogens is 494 g/mol. The van der Waals surface area contributed by atoms with Gasteiger partial charge in [0.05, 0.1) is 17.3 Å². The summed E-state index contributed by atoms with van der Waals surface area (Å²) in [5.41, 5.74) is 8.73. The Morgan fingerprint density at radius 1 is 1.13 bits per heavy atom. The van der Waals surface area contributed by atoms with E-state index in [1.807, 2.05) is 4.90 Å². The number of ketones is 2. The maximum absolute atomic E-state index is 13.9. The van der Waals surface area contributed by atoms with Crippen molar-refractivity contribution in [1.29, 1.82) is 0 Å². The number of carbonyl (C=O) groups excluding carboxylic acids is 3. The van der Waals surface area contributed by atoms with Gasteiger partial charge in [-0.1, -0.05) is 0 Å². The van der Waals surface area contributed by atoms with Gasteiger partial charge in [-0.3, -0.25) is 19.3 Å². The lowest BCUT2D eigenvalue weighted by Crippen LogP contribution is -2.65. The molecule has 12 heteroatoms. The number of nitrogens with zero attached hydrogens (tertiary/aromatic N) is 3. The van der Waals surface area contributed by atoms with E-state index in [0.717, 1.165) is 25.9 Å². The minimum Gasteiger partial charge on any atom is -0.508 e. The molecule has 202 valence electrons. The minimum atomic E-state index is -2.67. The number of aliphatic hydroxyl groups excluding tert-OH is 2. The molecule has 1 saturated heterocycles. The Labute approximate surface area is 218 Å². The second-order valence-corrected chi connectivity index (χ2v) is 10.6. The van der Waals surface area contributed by atoms with Crippen LogP contribution in [-0.2, 0) is 20.8 Å². The van der Waals surface area contributed by atoms with Crippen LogP contribution < -0.4 is 11.5 Å². The Kier molecular flexibility index (Phi) is 5.99. The first-order chi connectivity index (χ1) is 17.9. The van der Waals surface area contributed by atoms with Gasteiger partial charge < -0.3 is 36.8 Å². The zero-order valence-electron chi connectivity index (χ0n) is 21.1. The fourth-order valence-electron chi connectivity index (χ4n) is 6.47. The Morgan fingerprint density at radius 3 is 2.39 bits per heavy atom. The predicted octanol–water partition coefficient (Wildman–Crippen LogP) is 0.00600. The van der Waals surface area contributed by atoms with Crippen LogP contribution in [0.2, 0.25) is 0 Å². The molecule has 1 heterocycles. The number of aliphatic imine (C=N–C) groups is 1. The normalized spacial score (nSPS) is 29.5.